The van der Waals surface area contributed by atoms with E-state index in [9.17, 15) is 12.8 Å². The summed E-state index contributed by atoms with van der Waals surface area (Å²) >= 11 is 0. The van der Waals surface area contributed by atoms with E-state index < -0.39 is 15.7 Å². The number of benzene rings is 1. The standard InChI is InChI=1S/C13H15FN2O2S/c14-13-7-10(8-15)1-2-11(13)9-16-12-3-5-19(17,18)6-4-12/h1-2,7,12,16H,3-6,9H2. The number of sulfone groups is 1. The molecule has 0 aliphatic carbocycles. The lowest BCUT2D eigenvalue weighted by molar-refractivity contribution is 0.456. The van der Waals surface area contributed by atoms with E-state index in [1.807, 2.05) is 6.07 Å². The second kappa shape index (κ2) is 5.68. The first-order valence-electron chi connectivity index (χ1n) is 6.12. The molecule has 4 nitrogen and oxygen atoms in total. The van der Waals surface area contributed by atoms with Crippen molar-refractivity contribution in [2.75, 3.05) is 11.5 Å². The van der Waals surface area contributed by atoms with Gasteiger partial charge in [0.1, 0.15) is 15.7 Å². The van der Waals surface area contributed by atoms with Crippen LogP contribution in [0.2, 0.25) is 0 Å². The molecule has 2 rings (SSSR count). The Bertz CT molecular complexity index is 594. The zero-order valence-electron chi connectivity index (χ0n) is 10.4. The molecule has 1 fully saturated rings. The molecule has 0 unspecified atom stereocenters. The first-order chi connectivity index (χ1) is 9.00. The Morgan fingerprint density at radius 1 is 1.37 bits per heavy atom. The molecule has 19 heavy (non-hydrogen) atoms. The van der Waals surface area contributed by atoms with Crippen molar-refractivity contribution < 1.29 is 12.8 Å². The van der Waals surface area contributed by atoms with Crippen LogP contribution < -0.4 is 5.32 Å². The summed E-state index contributed by atoms with van der Waals surface area (Å²) in [4.78, 5) is 0. The van der Waals surface area contributed by atoms with Crippen molar-refractivity contribution in [2.24, 2.45) is 0 Å². The summed E-state index contributed by atoms with van der Waals surface area (Å²) in [5, 5.41) is 11.8. The van der Waals surface area contributed by atoms with Crippen LogP contribution in [0.15, 0.2) is 18.2 Å². The van der Waals surface area contributed by atoms with Gasteiger partial charge in [-0.2, -0.15) is 5.26 Å². The Labute approximate surface area is 112 Å². The van der Waals surface area contributed by atoms with Crippen molar-refractivity contribution in [1.82, 2.24) is 5.32 Å². The van der Waals surface area contributed by atoms with E-state index in [2.05, 4.69) is 5.32 Å². The molecule has 1 aliphatic heterocycles. The van der Waals surface area contributed by atoms with Gasteiger partial charge in [0.05, 0.1) is 23.1 Å². The van der Waals surface area contributed by atoms with Crippen LogP contribution in [-0.2, 0) is 16.4 Å². The highest BCUT2D eigenvalue weighted by molar-refractivity contribution is 7.91. The summed E-state index contributed by atoms with van der Waals surface area (Å²) in [7, 11) is -2.87. The van der Waals surface area contributed by atoms with E-state index in [0.717, 1.165) is 0 Å². The van der Waals surface area contributed by atoms with Crippen LogP contribution >= 0.6 is 0 Å². The minimum Gasteiger partial charge on any atom is -0.310 e. The quantitative estimate of drug-likeness (QED) is 0.909. The Balaban J connectivity index is 1.91. The molecule has 1 heterocycles. The van der Waals surface area contributed by atoms with Crippen LogP contribution in [-0.4, -0.2) is 26.0 Å². The number of hydrogen-bond acceptors (Lipinski definition) is 4. The van der Waals surface area contributed by atoms with Crippen LogP contribution in [0.4, 0.5) is 4.39 Å². The molecular formula is C13H15FN2O2S. The highest BCUT2D eigenvalue weighted by Crippen LogP contribution is 2.14. The predicted molar refractivity (Wildman–Crippen MR) is 69.6 cm³/mol. The second-order valence-electron chi connectivity index (χ2n) is 4.72. The van der Waals surface area contributed by atoms with Crippen molar-refractivity contribution in [3.05, 3.63) is 35.1 Å². The van der Waals surface area contributed by atoms with Gasteiger partial charge in [0.25, 0.3) is 0 Å². The maximum atomic E-state index is 13.6. The summed E-state index contributed by atoms with van der Waals surface area (Å²) in [6.45, 7) is 0.349. The number of hydrogen-bond donors (Lipinski definition) is 1. The lowest BCUT2D eigenvalue weighted by Crippen LogP contribution is -2.37. The third kappa shape index (κ3) is 3.75. The zero-order valence-corrected chi connectivity index (χ0v) is 11.2. The topological polar surface area (TPSA) is 70.0 Å². The number of nitriles is 1. The van der Waals surface area contributed by atoms with Crippen LogP contribution in [0, 0.1) is 17.1 Å². The third-order valence-corrected chi connectivity index (χ3v) is 5.03. The van der Waals surface area contributed by atoms with Gasteiger partial charge >= 0.3 is 0 Å². The highest BCUT2D eigenvalue weighted by Gasteiger charge is 2.23. The van der Waals surface area contributed by atoms with Crippen molar-refractivity contribution in [3.63, 3.8) is 0 Å². The Kier molecular flexibility index (Phi) is 4.17. The molecule has 1 aromatic rings. The summed E-state index contributed by atoms with van der Waals surface area (Å²) < 4.78 is 36.2. The van der Waals surface area contributed by atoms with Crippen LogP contribution in [0.25, 0.3) is 0 Å². The van der Waals surface area contributed by atoms with E-state index in [0.29, 0.717) is 30.5 Å². The molecule has 102 valence electrons. The lowest BCUT2D eigenvalue weighted by Gasteiger charge is -2.23. The predicted octanol–water partition coefficient (Wildman–Crippen LogP) is 1.36. The molecule has 1 saturated heterocycles. The summed E-state index contributed by atoms with van der Waals surface area (Å²) in [5.74, 6) is -0.0175. The molecule has 6 heteroatoms. The fraction of sp³-hybridized carbons (Fsp3) is 0.462. The Morgan fingerprint density at radius 3 is 2.63 bits per heavy atom. The molecule has 0 amide bonds. The van der Waals surface area contributed by atoms with Gasteiger partial charge in [-0.05, 0) is 25.0 Å². The maximum Gasteiger partial charge on any atom is 0.150 e. The van der Waals surface area contributed by atoms with Gasteiger partial charge in [-0.15, -0.1) is 0 Å². The van der Waals surface area contributed by atoms with Crippen molar-refractivity contribution >= 4 is 9.84 Å². The van der Waals surface area contributed by atoms with E-state index in [1.165, 1.54) is 6.07 Å². The Morgan fingerprint density at radius 2 is 2.05 bits per heavy atom. The largest absolute Gasteiger partial charge is 0.310 e. The van der Waals surface area contributed by atoms with Crippen molar-refractivity contribution in [1.29, 1.82) is 5.26 Å². The molecule has 0 atom stereocenters. The van der Waals surface area contributed by atoms with Gasteiger partial charge in [0.15, 0.2) is 0 Å². The second-order valence-corrected chi connectivity index (χ2v) is 7.03. The molecule has 0 aromatic heterocycles. The first-order valence-corrected chi connectivity index (χ1v) is 7.94. The van der Waals surface area contributed by atoms with Gasteiger partial charge in [0, 0.05) is 18.2 Å². The summed E-state index contributed by atoms with van der Waals surface area (Å²) in [6.07, 6.45) is 1.14. The molecule has 1 N–H and O–H groups in total. The van der Waals surface area contributed by atoms with E-state index in [4.69, 9.17) is 5.26 Å². The van der Waals surface area contributed by atoms with Gasteiger partial charge in [-0.25, -0.2) is 12.8 Å². The van der Waals surface area contributed by atoms with Gasteiger partial charge in [0.2, 0.25) is 0 Å². The molecular weight excluding hydrogens is 267 g/mol. The molecule has 0 bridgehead atoms. The SMILES string of the molecule is N#Cc1ccc(CNC2CCS(=O)(=O)CC2)c(F)c1. The van der Waals surface area contributed by atoms with E-state index in [1.54, 1.807) is 12.1 Å². The van der Waals surface area contributed by atoms with Crippen LogP contribution in [0.5, 0.6) is 0 Å². The molecule has 1 aliphatic rings. The smallest absolute Gasteiger partial charge is 0.150 e. The average molecular weight is 282 g/mol. The number of nitrogens with one attached hydrogen (secondary N) is 1. The normalized spacial score (nSPS) is 18.9. The summed E-state index contributed by atoms with van der Waals surface area (Å²) in [5.41, 5.74) is 0.789. The summed E-state index contributed by atoms with van der Waals surface area (Å²) in [6, 6.07) is 6.36. The minimum absolute atomic E-state index is 0.110. The number of nitrogens with zero attached hydrogens (tertiary/aromatic N) is 1. The number of halogens is 1. The minimum atomic E-state index is -2.87. The molecule has 0 radical (unpaired) electrons. The fourth-order valence-corrected chi connectivity index (χ4v) is 3.60. The van der Waals surface area contributed by atoms with Crippen molar-refractivity contribution in [2.45, 2.75) is 25.4 Å². The fourth-order valence-electron chi connectivity index (χ4n) is 2.11. The van der Waals surface area contributed by atoms with Crippen LogP contribution in [0.1, 0.15) is 24.0 Å². The lowest BCUT2D eigenvalue weighted by atomic mass is 10.1. The van der Waals surface area contributed by atoms with Gasteiger partial charge < -0.3 is 5.32 Å². The third-order valence-electron chi connectivity index (χ3n) is 3.32. The van der Waals surface area contributed by atoms with Crippen LogP contribution in [0.3, 0.4) is 0 Å². The van der Waals surface area contributed by atoms with E-state index >= 15 is 0 Å². The maximum absolute atomic E-state index is 13.6. The molecule has 0 spiro atoms. The molecule has 1 aromatic carbocycles. The average Bonchev–Trinajstić information content (AvgIpc) is 2.38. The zero-order chi connectivity index (χ0) is 13.9. The van der Waals surface area contributed by atoms with Crippen molar-refractivity contribution in [3.8, 4) is 6.07 Å². The monoisotopic (exact) mass is 282 g/mol. The first kappa shape index (κ1) is 14.0. The number of rotatable bonds is 3. The highest BCUT2D eigenvalue weighted by atomic mass is 32.2. The Hall–Kier alpha value is -1.45. The van der Waals surface area contributed by atoms with Gasteiger partial charge in [-0.1, -0.05) is 6.07 Å². The van der Waals surface area contributed by atoms with E-state index in [-0.39, 0.29) is 17.5 Å². The van der Waals surface area contributed by atoms with Gasteiger partial charge in [-0.3, -0.25) is 0 Å². The molecule has 0 saturated carbocycles.